The molecular weight excluding hydrogens is 348 g/mol. The van der Waals surface area contributed by atoms with Crippen molar-refractivity contribution in [1.82, 2.24) is 5.43 Å². The number of furan rings is 1. The molecule has 0 aliphatic carbocycles. The van der Waals surface area contributed by atoms with Gasteiger partial charge < -0.3 is 14.6 Å². The fraction of sp³-hybridized carbons (Fsp3) is 0.0500. The van der Waals surface area contributed by atoms with E-state index in [0.717, 1.165) is 0 Å². The van der Waals surface area contributed by atoms with Gasteiger partial charge in [0.2, 0.25) is 0 Å². The second-order valence-corrected chi connectivity index (χ2v) is 5.64. The molecule has 0 saturated carbocycles. The lowest BCUT2D eigenvalue weighted by atomic mass is 10.1. The minimum Gasteiger partial charge on any atom is -0.478 e. The number of carboxylic acid groups (broad SMARTS) is 1. The Bertz CT molecular complexity index is 979. The van der Waals surface area contributed by atoms with Gasteiger partial charge >= 0.3 is 5.97 Å². The molecule has 7 nitrogen and oxygen atoms in total. The van der Waals surface area contributed by atoms with Crippen LogP contribution in [0.2, 0.25) is 0 Å². The third-order valence-corrected chi connectivity index (χ3v) is 3.75. The molecule has 1 amide bonds. The van der Waals surface area contributed by atoms with Gasteiger partial charge in [0.05, 0.1) is 11.8 Å². The highest BCUT2D eigenvalue weighted by atomic mass is 16.4. The average Bonchev–Trinajstić information content (AvgIpc) is 3.17. The lowest BCUT2D eigenvalue weighted by Gasteiger charge is -2.08. The van der Waals surface area contributed by atoms with Gasteiger partial charge in [-0.05, 0) is 29.8 Å². The Morgan fingerprint density at radius 3 is 2.56 bits per heavy atom. The first-order chi connectivity index (χ1) is 13.0. The molecule has 7 heteroatoms. The minimum absolute atomic E-state index is 0.154. The molecule has 3 rings (SSSR count). The topological polar surface area (TPSA) is 112 Å². The maximum atomic E-state index is 11.9. The summed E-state index contributed by atoms with van der Waals surface area (Å²) in [5, 5.41) is 22.8. The molecule has 3 N–H and O–H groups in total. The van der Waals surface area contributed by atoms with Crippen LogP contribution in [-0.4, -0.2) is 28.3 Å². The second-order valence-electron chi connectivity index (χ2n) is 5.64. The summed E-state index contributed by atoms with van der Waals surface area (Å²) < 4.78 is 5.58. The lowest BCUT2D eigenvalue weighted by Crippen LogP contribution is -2.25. The third kappa shape index (κ3) is 4.47. The van der Waals surface area contributed by atoms with Crippen LogP contribution in [0.5, 0.6) is 0 Å². The number of rotatable bonds is 6. The van der Waals surface area contributed by atoms with Crippen molar-refractivity contribution in [3.8, 4) is 11.3 Å². The van der Waals surface area contributed by atoms with Crippen LogP contribution in [0.4, 0.5) is 0 Å². The van der Waals surface area contributed by atoms with E-state index in [2.05, 4.69) is 10.5 Å². The van der Waals surface area contributed by atoms with E-state index in [4.69, 9.17) is 9.52 Å². The number of aromatic carboxylic acids is 1. The lowest BCUT2D eigenvalue weighted by molar-refractivity contribution is -0.129. The van der Waals surface area contributed by atoms with E-state index in [-0.39, 0.29) is 5.56 Å². The summed E-state index contributed by atoms with van der Waals surface area (Å²) in [6.07, 6.45) is -0.0329. The number of benzene rings is 2. The zero-order valence-corrected chi connectivity index (χ0v) is 14.1. The van der Waals surface area contributed by atoms with Gasteiger partial charge in [0, 0.05) is 5.56 Å². The highest BCUT2D eigenvalue weighted by Crippen LogP contribution is 2.22. The van der Waals surface area contributed by atoms with E-state index in [9.17, 15) is 14.7 Å². The third-order valence-electron chi connectivity index (χ3n) is 3.75. The molecule has 0 radical (unpaired) electrons. The van der Waals surface area contributed by atoms with Crippen molar-refractivity contribution >= 4 is 18.1 Å². The summed E-state index contributed by atoms with van der Waals surface area (Å²) in [5.41, 5.74) is 3.47. The number of hydrogen-bond acceptors (Lipinski definition) is 5. The molecule has 0 bridgehead atoms. The number of carboxylic acids is 1. The Labute approximate surface area is 154 Å². The van der Waals surface area contributed by atoms with Crippen LogP contribution in [0.15, 0.2) is 76.2 Å². The maximum absolute atomic E-state index is 11.9. The van der Waals surface area contributed by atoms with E-state index < -0.39 is 18.0 Å². The molecular formula is C20H16N2O5. The number of aliphatic hydroxyl groups excluding tert-OH is 1. The molecule has 0 fully saturated rings. The predicted molar refractivity (Wildman–Crippen MR) is 98.2 cm³/mol. The summed E-state index contributed by atoms with van der Waals surface area (Å²) in [6, 6.07) is 18.1. The average molecular weight is 364 g/mol. The molecule has 0 aliphatic heterocycles. The molecule has 136 valence electrons. The minimum atomic E-state index is -1.32. The van der Waals surface area contributed by atoms with Crippen LogP contribution in [0, 0.1) is 0 Å². The van der Waals surface area contributed by atoms with E-state index in [0.29, 0.717) is 22.6 Å². The molecule has 1 unspecified atom stereocenters. The van der Waals surface area contributed by atoms with E-state index in [1.54, 1.807) is 54.6 Å². The summed E-state index contributed by atoms with van der Waals surface area (Å²) in [4.78, 5) is 22.9. The number of amides is 1. The maximum Gasteiger partial charge on any atom is 0.335 e. The summed E-state index contributed by atoms with van der Waals surface area (Å²) in [7, 11) is 0. The fourth-order valence-corrected chi connectivity index (χ4v) is 2.39. The van der Waals surface area contributed by atoms with E-state index in [1.807, 2.05) is 0 Å². The number of hydrazone groups is 1. The van der Waals surface area contributed by atoms with Gasteiger partial charge in [-0.15, -0.1) is 0 Å². The second kappa shape index (κ2) is 8.11. The monoisotopic (exact) mass is 364 g/mol. The zero-order valence-electron chi connectivity index (χ0n) is 14.1. The van der Waals surface area contributed by atoms with E-state index >= 15 is 0 Å². The van der Waals surface area contributed by atoms with Crippen molar-refractivity contribution in [3.05, 3.63) is 83.6 Å². The Morgan fingerprint density at radius 2 is 1.81 bits per heavy atom. The standard InChI is InChI=1S/C20H16N2O5/c23-18(13-5-2-1-3-6-13)19(24)22-21-12-16-9-10-17(27-16)14-7-4-8-15(11-14)20(25)26/h1-12,18,23H,(H,22,24)(H,25,26). The van der Waals surface area contributed by atoms with Gasteiger partial charge in [-0.1, -0.05) is 42.5 Å². The Kier molecular flexibility index (Phi) is 5.44. The molecule has 3 aromatic rings. The van der Waals surface area contributed by atoms with Crippen LogP contribution < -0.4 is 5.43 Å². The normalized spacial score (nSPS) is 12.0. The van der Waals surface area contributed by atoms with Gasteiger partial charge in [-0.3, -0.25) is 4.79 Å². The Morgan fingerprint density at radius 1 is 1.04 bits per heavy atom. The first kappa shape index (κ1) is 18.1. The highest BCUT2D eigenvalue weighted by molar-refractivity contribution is 5.89. The molecule has 1 atom stereocenters. The van der Waals surface area contributed by atoms with Crippen LogP contribution in [0.25, 0.3) is 11.3 Å². The number of nitrogens with one attached hydrogen (secondary N) is 1. The molecule has 27 heavy (non-hydrogen) atoms. The Hall–Kier alpha value is -3.71. The van der Waals surface area contributed by atoms with Crippen molar-refractivity contribution in [2.24, 2.45) is 5.10 Å². The summed E-state index contributed by atoms with van der Waals surface area (Å²) in [5.74, 6) is -0.862. The molecule has 0 spiro atoms. The first-order valence-electron chi connectivity index (χ1n) is 8.04. The number of hydrogen-bond donors (Lipinski definition) is 3. The quantitative estimate of drug-likeness (QED) is 0.460. The van der Waals surface area contributed by atoms with Gasteiger partial charge in [0.15, 0.2) is 6.10 Å². The SMILES string of the molecule is O=C(O)c1cccc(-c2ccc(C=NNC(=O)C(O)c3ccccc3)o2)c1. The van der Waals surface area contributed by atoms with Crippen LogP contribution in [0.1, 0.15) is 27.8 Å². The highest BCUT2D eigenvalue weighted by Gasteiger charge is 2.16. The van der Waals surface area contributed by atoms with Crippen molar-refractivity contribution in [2.45, 2.75) is 6.10 Å². The molecule has 1 aromatic heterocycles. The number of aliphatic hydroxyl groups is 1. The molecule has 0 saturated heterocycles. The first-order valence-corrected chi connectivity index (χ1v) is 8.04. The fourth-order valence-electron chi connectivity index (χ4n) is 2.39. The van der Waals surface area contributed by atoms with Crippen molar-refractivity contribution in [1.29, 1.82) is 0 Å². The molecule has 1 heterocycles. The van der Waals surface area contributed by atoms with Gasteiger partial charge in [-0.2, -0.15) is 5.10 Å². The number of carbonyl (C=O) groups is 2. The largest absolute Gasteiger partial charge is 0.478 e. The van der Waals surface area contributed by atoms with Crippen molar-refractivity contribution in [2.75, 3.05) is 0 Å². The molecule has 0 aliphatic rings. The number of nitrogens with zero attached hydrogens (tertiary/aromatic N) is 1. The van der Waals surface area contributed by atoms with Gasteiger partial charge in [0.25, 0.3) is 5.91 Å². The van der Waals surface area contributed by atoms with Crippen molar-refractivity contribution < 1.29 is 24.2 Å². The van der Waals surface area contributed by atoms with Crippen LogP contribution >= 0.6 is 0 Å². The number of carbonyl (C=O) groups excluding carboxylic acids is 1. The van der Waals surface area contributed by atoms with Crippen LogP contribution in [-0.2, 0) is 4.79 Å². The summed E-state index contributed by atoms with van der Waals surface area (Å²) >= 11 is 0. The molecule has 2 aromatic carbocycles. The van der Waals surface area contributed by atoms with Gasteiger partial charge in [-0.25, -0.2) is 10.2 Å². The smallest absolute Gasteiger partial charge is 0.335 e. The zero-order chi connectivity index (χ0) is 19.2. The van der Waals surface area contributed by atoms with Crippen LogP contribution in [0.3, 0.4) is 0 Å². The summed E-state index contributed by atoms with van der Waals surface area (Å²) in [6.45, 7) is 0. The Balaban J connectivity index is 1.64. The predicted octanol–water partition coefficient (Wildman–Crippen LogP) is 2.83. The van der Waals surface area contributed by atoms with Crippen molar-refractivity contribution in [3.63, 3.8) is 0 Å². The van der Waals surface area contributed by atoms with E-state index in [1.165, 1.54) is 18.3 Å². The van der Waals surface area contributed by atoms with Gasteiger partial charge in [0.1, 0.15) is 11.5 Å².